The number of aryl methyl sites for hydroxylation is 2. The summed E-state index contributed by atoms with van der Waals surface area (Å²) in [4.78, 5) is 12.3. The number of hydrogen-bond donors (Lipinski definition) is 0. The highest BCUT2D eigenvalue weighted by atomic mass is 79.9. The van der Waals surface area contributed by atoms with Crippen LogP contribution in [0.4, 0.5) is 0 Å². The van der Waals surface area contributed by atoms with Crippen molar-refractivity contribution in [3.63, 3.8) is 0 Å². The molecule has 1 aromatic carbocycles. The lowest BCUT2D eigenvalue weighted by Gasteiger charge is -2.04. The number of carbonyl (C=O) groups is 1. The van der Waals surface area contributed by atoms with Crippen molar-refractivity contribution in [1.82, 2.24) is 9.78 Å². The van der Waals surface area contributed by atoms with Crippen LogP contribution < -0.4 is 0 Å². The summed E-state index contributed by atoms with van der Waals surface area (Å²) in [6.07, 6.45) is 1.27. The first kappa shape index (κ1) is 14.0. The highest BCUT2D eigenvalue weighted by Gasteiger charge is 2.14. The Balaban J connectivity index is 2.19. The van der Waals surface area contributed by atoms with Crippen LogP contribution in [0.3, 0.4) is 0 Å². The third kappa shape index (κ3) is 3.32. The molecule has 100 valence electrons. The maximum atomic E-state index is 12.3. The molecule has 0 amide bonds. The normalized spacial score (nSPS) is 10.7. The van der Waals surface area contributed by atoms with Crippen LogP contribution in [0.25, 0.3) is 0 Å². The summed E-state index contributed by atoms with van der Waals surface area (Å²) in [6, 6.07) is 9.75. The summed E-state index contributed by atoms with van der Waals surface area (Å²) in [5.41, 5.74) is 2.71. The second-order valence-corrected chi connectivity index (χ2v) is 5.33. The van der Waals surface area contributed by atoms with Gasteiger partial charge >= 0.3 is 0 Å². The number of nitrogens with zero attached hydrogens (tertiary/aromatic N) is 2. The van der Waals surface area contributed by atoms with Crippen molar-refractivity contribution in [2.45, 2.75) is 33.2 Å². The van der Waals surface area contributed by atoms with Gasteiger partial charge in [-0.05, 0) is 37.1 Å². The van der Waals surface area contributed by atoms with E-state index < -0.39 is 0 Å². The number of ketones is 1. The van der Waals surface area contributed by atoms with E-state index >= 15 is 0 Å². The molecule has 0 N–H and O–H groups in total. The van der Waals surface area contributed by atoms with Crippen molar-refractivity contribution in [1.29, 1.82) is 0 Å². The van der Waals surface area contributed by atoms with Crippen LogP contribution in [0.5, 0.6) is 0 Å². The minimum Gasteiger partial charge on any atom is -0.292 e. The molecule has 0 spiro atoms. The maximum absolute atomic E-state index is 12.3. The van der Waals surface area contributed by atoms with Gasteiger partial charge in [-0.15, -0.1) is 0 Å². The molecule has 0 radical (unpaired) electrons. The molecule has 0 bridgehead atoms. The molecule has 1 aromatic heterocycles. The molecule has 0 unspecified atom stereocenters. The SMILES string of the molecule is CCc1cc(C(=O)Cc2ccc(Br)cc2)n(CC)n1. The van der Waals surface area contributed by atoms with E-state index in [1.165, 1.54) is 0 Å². The number of aromatic nitrogens is 2. The molecule has 0 saturated heterocycles. The molecule has 2 rings (SSSR count). The highest BCUT2D eigenvalue weighted by Crippen LogP contribution is 2.14. The fraction of sp³-hybridized carbons (Fsp3) is 0.333. The van der Waals surface area contributed by atoms with E-state index in [0.29, 0.717) is 12.1 Å². The zero-order valence-electron chi connectivity index (χ0n) is 11.2. The summed E-state index contributed by atoms with van der Waals surface area (Å²) in [6.45, 7) is 4.77. The first-order chi connectivity index (χ1) is 9.13. The van der Waals surface area contributed by atoms with E-state index in [4.69, 9.17) is 0 Å². The number of Topliss-reactive ketones (excluding diaryl/α,β-unsaturated/α-hetero) is 1. The molecular weight excluding hydrogens is 304 g/mol. The number of carbonyl (C=O) groups excluding carboxylic acids is 1. The van der Waals surface area contributed by atoms with Gasteiger partial charge in [0.1, 0.15) is 5.69 Å². The van der Waals surface area contributed by atoms with Gasteiger partial charge in [-0.1, -0.05) is 35.0 Å². The van der Waals surface area contributed by atoms with Crippen molar-refractivity contribution in [3.8, 4) is 0 Å². The molecule has 0 aliphatic carbocycles. The van der Waals surface area contributed by atoms with Crippen molar-refractivity contribution in [3.05, 3.63) is 51.8 Å². The van der Waals surface area contributed by atoms with Crippen LogP contribution in [-0.4, -0.2) is 15.6 Å². The largest absolute Gasteiger partial charge is 0.292 e. The summed E-state index contributed by atoms with van der Waals surface area (Å²) in [5, 5.41) is 4.41. The van der Waals surface area contributed by atoms with Gasteiger partial charge in [0, 0.05) is 17.4 Å². The van der Waals surface area contributed by atoms with Crippen LogP contribution in [0.15, 0.2) is 34.8 Å². The van der Waals surface area contributed by atoms with Crippen LogP contribution in [0.1, 0.15) is 35.6 Å². The minimum atomic E-state index is 0.122. The van der Waals surface area contributed by atoms with Crippen molar-refractivity contribution in [2.75, 3.05) is 0 Å². The van der Waals surface area contributed by atoms with Crippen molar-refractivity contribution < 1.29 is 4.79 Å². The molecule has 0 aliphatic heterocycles. The number of rotatable bonds is 5. The average Bonchev–Trinajstić information content (AvgIpc) is 2.85. The Kier molecular flexibility index (Phi) is 4.53. The lowest BCUT2D eigenvalue weighted by Crippen LogP contribution is -2.11. The highest BCUT2D eigenvalue weighted by molar-refractivity contribution is 9.10. The predicted octanol–water partition coefficient (Wildman–Crippen LogP) is 3.65. The van der Waals surface area contributed by atoms with Gasteiger partial charge in [-0.3, -0.25) is 9.48 Å². The van der Waals surface area contributed by atoms with E-state index in [-0.39, 0.29) is 5.78 Å². The Labute approximate surface area is 121 Å². The first-order valence-electron chi connectivity index (χ1n) is 6.48. The van der Waals surface area contributed by atoms with E-state index in [9.17, 15) is 4.79 Å². The van der Waals surface area contributed by atoms with Gasteiger partial charge in [0.2, 0.25) is 0 Å². The minimum absolute atomic E-state index is 0.122. The van der Waals surface area contributed by atoms with Gasteiger partial charge in [0.25, 0.3) is 0 Å². The molecule has 0 fully saturated rings. The average molecular weight is 321 g/mol. The van der Waals surface area contributed by atoms with Gasteiger partial charge < -0.3 is 0 Å². The lowest BCUT2D eigenvalue weighted by atomic mass is 10.1. The van der Waals surface area contributed by atoms with Crippen LogP contribution in [-0.2, 0) is 19.4 Å². The van der Waals surface area contributed by atoms with Crippen LogP contribution >= 0.6 is 15.9 Å². The summed E-state index contributed by atoms with van der Waals surface area (Å²) >= 11 is 3.39. The standard InChI is InChI=1S/C15H17BrN2O/c1-3-13-10-14(18(4-2)17-13)15(19)9-11-5-7-12(16)8-6-11/h5-8,10H,3-4,9H2,1-2H3. The van der Waals surface area contributed by atoms with Gasteiger partial charge in [0.05, 0.1) is 5.69 Å². The van der Waals surface area contributed by atoms with Crippen LogP contribution in [0, 0.1) is 0 Å². The quantitative estimate of drug-likeness (QED) is 0.788. The van der Waals surface area contributed by atoms with Gasteiger partial charge in [0.15, 0.2) is 5.78 Å². The third-order valence-electron chi connectivity index (χ3n) is 3.06. The molecular formula is C15H17BrN2O. The number of halogens is 1. The van der Waals surface area contributed by atoms with Crippen LogP contribution in [0.2, 0.25) is 0 Å². The topological polar surface area (TPSA) is 34.9 Å². The molecule has 3 nitrogen and oxygen atoms in total. The first-order valence-corrected chi connectivity index (χ1v) is 7.27. The second-order valence-electron chi connectivity index (χ2n) is 4.42. The molecule has 4 heteroatoms. The Bertz CT molecular complexity index is 572. The molecule has 0 aliphatic rings. The Hall–Kier alpha value is -1.42. The van der Waals surface area contributed by atoms with E-state index in [1.807, 2.05) is 44.2 Å². The predicted molar refractivity (Wildman–Crippen MR) is 79.5 cm³/mol. The monoisotopic (exact) mass is 320 g/mol. The molecule has 19 heavy (non-hydrogen) atoms. The summed E-state index contributed by atoms with van der Waals surface area (Å²) < 4.78 is 2.82. The molecule has 1 heterocycles. The Morgan fingerprint density at radius 1 is 1.26 bits per heavy atom. The Morgan fingerprint density at radius 3 is 2.53 bits per heavy atom. The molecule has 0 saturated carbocycles. The molecule has 2 aromatic rings. The second kappa shape index (κ2) is 6.15. The van der Waals surface area contributed by atoms with Crippen molar-refractivity contribution in [2.24, 2.45) is 0 Å². The van der Waals surface area contributed by atoms with E-state index in [2.05, 4.69) is 21.0 Å². The third-order valence-corrected chi connectivity index (χ3v) is 3.58. The summed E-state index contributed by atoms with van der Waals surface area (Å²) in [7, 11) is 0. The summed E-state index contributed by atoms with van der Waals surface area (Å²) in [5.74, 6) is 0.122. The zero-order chi connectivity index (χ0) is 13.8. The molecule has 0 atom stereocenters. The number of hydrogen-bond acceptors (Lipinski definition) is 2. The van der Waals surface area contributed by atoms with Gasteiger partial charge in [-0.2, -0.15) is 5.10 Å². The Morgan fingerprint density at radius 2 is 1.95 bits per heavy atom. The zero-order valence-corrected chi connectivity index (χ0v) is 12.8. The smallest absolute Gasteiger partial charge is 0.185 e. The van der Waals surface area contributed by atoms with Crippen molar-refractivity contribution >= 4 is 21.7 Å². The fourth-order valence-electron chi connectivity index (χ4n) is 1.99. The maximum Gasteiger partial charge on any atom is 0.185 e. The fourth-order valence-corrected chi connectivity index (χ4v) is 2.25. The lowest BCUT2D eigenvalue weighted by molar-refractivity contribution is 0.0983. The number of benzene rings is 1. The van der Waals surface area contributed by atoms with E-state index in [0.717, 1.165) is 28.7 Å². The van der Waals surface area contributed by atoms with E-state index in [1.54, 1.807) is 4.68 Å². The van der Waals surface area contributed by atoms with Gasteiger partial charge in [-0.25, -0.2) is 0 Å².